The van der Waals surface area contributed by atoms with E-state index in [9.17, 15) is 0 Å². The van der Waals surface area contributed by atoms with Crippen LogP contribution < -0.4 is 5.32 Å². The predicted octanol–water partition coefficient (Wildman–Crippen LogP) is 3.23. The molecule has 0 fully saturated rings. The van der Waals surface area contributed by atoms with Crippen molar-refractivity contribution in [3.05, 3.63) is 17.3 Å². The highest BCUT2D eigenvalue weighted by atomic mass is 32.1. The van der Waals surface area contributed by atoms with Crippen LogP contribution in [-0.4, -0.2) is 29.2 Å². The number of nitrogens with zero attached hydrogens (tertiary/aromatic N) is 2. The predicted molar refractivity (Wildman–Crippen MR) is 76.3 cm³/mol. The lowest BCUT2D eigenvalue weighted by atomic mass is 10.3. The van der Waals surface area contributed by atoms with Gasteiger partial charge >= 0.3 is 0 Å². The van der Waals surface area contributed by atoms with E-state index in [1.165, 1.54) is 4.88 Å². The van der Waals surface area contributed by atoms with E-state index in [4.69, 9.17) is 4.74 Å². The number of anilines is 1. The van der Waals surface area contributed by atoms with E-state index in [0.717, 1.165) is 35.6 Å². The Morgan fingerprint density at radius 1 is 1.39 bits per heavy atom. The second kappa shape index (κ2) is 6.11. The molecule has 0 bridgehead atoms. The SMILES string of the molecule is Cc1cc2c(NCCCOC(C)C)ncnc2s1. The smallest absolute Gasteiger partial charge is 0.138 e. The summed E-state index contributed by atoms with van der Waals surface area (Å²) in [6.07, 6.45) is 2.90. The van der Waals surface area contributed by atoms with Crippen LogP contribution in [0.15, 0.2) is 12.4 Å². The van der Waals surface area contributed by atoms with Gasteiger partial charge in [0.1, 0.15) is 17.0 Å². The Morgan fingerprint density at radius 2 is 2.22 bits per heavy atom. The molecule has 0 atom stereocenters. The van der Waals surface area contributed by atoms with Crippen LogP contribution in [-0.2, 0) is 4.74 Å². The van der Waals surface area contributed by atoms with Crippen LogP contribution in [0.3, 0.4) is 0 Å². The average molecular weight is 265 g/mol. The average Bonchev–Trinajstić information content (AvgIpc) is 2.69. The number of hydrogen-bond acceptors (Lipinski definition) is 5. The molecule has 98 valence electrons. The molecule has 0 unspecified atom stereocenters. The third kappa shape index (κ3) is 3.40. The van der Waals surface area contributed by atoms with Gasteiger partial charge in [-0.2, -0.15) is 0 Å². The first-order chi connectivity index (χ1) is 8.66. The normalized spacial score (nSPS) is 11.3. The van der Waals surface area contributed by atoms with Crippen LogP contribution in [0.25, 0.3) is 10.2 Å². The fourth-order valence-corrected chi connectivity index (χ4v) is 2.56. The molecule has 0 saturated heterocycles. The summed E-state index contributed by atoms with van der Waals surface area (Å²) in [5.41, 5.74) is 0. The van der Waals surface area contributed by atoms with Crippen molar-refractivity contribution < 1.29 is 4.74 Å². The largest absolute Gasteiger partial charge is 0.379 e. The number of aromatic nitrogens is 2. The molecule has 5 heteroatoms. The molecule has 4 nitrogen and oxygen atoms in total. The number of rotatable bonds is 6. The molecule has 0 aromatic carbocycles. The summed E-state index contributed by atoms with van der Waals surface area (Å²) >= 11 is 1.70. The minimum atomic E-state index is 0.301. The Morgan fingerprint density at radius 3 is 3.00 bits per heavy atom. The van der Waals surface area contributed by atoms with Gasteiger partial charge in [-0.1, -0.05) is 0 Å². The Hall–Kier alpha value is -1.20. The molecule has 2 rings (SSSR count). The zero-order valence-electron chi connectivity index (χ0n) is 11.1. The molecule has 0 radical (unpaired) electrons. The van der Waals surface area contributed by atoms with E-state index in [-0.39, 0.29) is 0 Å². The van der Waals surface area contributed by atoms with Gasteiger partial charge in [0.25, 0.3) is 0 Å². The summed E-state index contributed by atoms with van der Waals surface area (Å²) in [6, 6.07) is 2.13. The third-order valence-corrected chi connectivity index (χ3v) is 3.48. The third-order valence-electron chi connectivity index (χ3n) is 2.52. The van der Waals surface area contributed by atoms with Gasteiger partial charge in [-0.05, 0) is 33.3 Å². The number of hydrogen-bond donors (Lipinski definition) is 1. The van der Waals surface area contributed by atoms with Crippen LogP contribution in [0.1, 0.15) is 25.1 Å². The van der Waals surface area contributed by atoms with Crippen molar-refractivity contribution in [1.82, 2.24) is 9.97 Å². The summed E-state index contributed by atoms with van der Waals surface area (Å²) in [4.78, 5) is 10.9. The maximum absolute atomic E-state index is 5.50. The van der Waals surface area contributed by atoms with Crippen LogP contribution in [0, 0.1) is 6.92 Å². The van der Waals surface area contributed by atoms with Crippen LogP contribution in [0.5, 0.6) is 0 Å². The zero-order chi connectivity index (χ0) is 13.0. The number of nitrogens with one attached hydrogen (secondary N) is 1. The minimum Gasteiger partial charge on any atom is -0.379 e. The van der Waals surface area contributed by atoms with Gasteiger partial charge in [0, 0.05) is 18.0 Å². The van der Waals surface area contributed by atoms with E-state index >= 15 is 0 Å². The van der Waals surface area contributed by atoms with E-state index in [1.807, 2.05) is 0 Å². The lowest BCUT2D eigenvalue weighted by Gasteiger charge is -2.08. The van der Waals surface area contributed by atoms with Crippen molar-refractivity contribution in [1.29, 1.82) is 0 Å². The van der Waals surface area contributed by atoms with Gasteiger partial charge in [0.2, 0.25) is 0 Å². The Balaban J connectivity index is 1.91. The maximum Gasteiger partial charge on any atom is 0.138 e. The molecule has 0 amide bonds. The summed E-state index contributed by atoms with van der Waals surface area (Å²) in [6.45, 7) is 7.84. The number of thiophene rings is 1. The van der Waals surface area contributed by atoms with E-state index in [0.29, 0.717) is 6.10 Å². The van der Waals surface area contributed by atoms with Gasteiger partial charge in [-0.25, -0.2) is 9.97 Å². The molecular formula is C13H19N3OS. The quantitative estimate of drug-likeness (QED) is 0.815. The Bertz CT molecular complexity index is 510. The Kier molecular flexibility index (Phi) is 4.49. The lowest BCUT2D eigenvalue weighted by molar-refractivity contribution is 0.0787. The summed E-state index contributed by atoms with van der Waals surface area (Å²) in [7, 11) is 0. The van der Waals surface area contributed by atoms with Crippen molar-refractivity contribution in [3.8, 4) is 0 Å². The highest BCUT2D eigenvalue weighted by Crippen LogP contribution is 2.27. The number of ether oxygens (including phenoxy) is 1. The van der Waals surface area contributed by atoms with Crippen molar-refractivity contribution in [2.45, 2.75) is 33.3 Å². The molecule has 2 heterocycles. The highest BCUT2D eigenvalue weighted by molar-refractivity contribution is 7.18. The van der Waals surface area contributed by atoms with Gasteiger partial charge < -0.3 is 10.1 Å². The van der Waals surface area contributed by atoms with Gasteiger partial charge in [-0.15, -0.1) is 11.3 Å². The number of aryl methyl sites for hydroxylation is 1. The molecule has 18 heavy (non-hydrogen) atoms. The molecule has 0 aliphatic heterocycles. The summed E-state index contributed by atoms with van der Waals surface area (Å²) in [5.74, 6) is 0.925. The monoisotopic (exact) mass is 265 g/mol. The van der Waals surface area contributed by atoms with Gasteiger partial charge in [-0.3, -0.25) is 0 Å². The molecule has 0 saturated carbocycles. The van der Waals surface area contributed by atoms with E-state index in [2.05, 4.69) is 42.1 Å². The molecule has 0 spiro atoms. The first kappa shape index (κ1) is 13.2. The van der Waals surface area contributed by atoms with Crippen molar-refractivity contribution in [2.75, 3.05) is 18.5 Å². The topological polar surface area (TPSA) is 47.0 Å². The fourth-order valence-electron chi connectivity index (χ4n) is 1.71. The van der Waals surface area contributed by atoms with Crippen LogP contribution in [0.2, 0.25) is 0 Å². The van der Waals surface area contributed by atoms with E-state index < -0.39 is 0 Å². The number of fused-ring (bicyclic) bond motifs is 1. The molecule has 2 aromatic rings. The molecule has 2 aromatic heterocycles. The summed E-state index contributed by atoms with van der Waals surface area (Å²) < 4.78 is 5.50. The second-order valence-electron chi connectivity index (χ2n) is 4.50. The highest BCUT2D eigenvalue weighted by Gasteiger charge is 2.05. The van der Waals surface area contributed by atoms with Crippen molar-refractivity contribution in [2.24, 2.45) is 0 Å². The first-order valence-corrected chi connectivity index (χ1v) is 7.05. The molecule has 0 aliphatic rings. The fraction of sp³-hybridized carbons (Fsp3) is 0.538. The minimum absolute atomic E-state index is 0.301. The second-order valence-corrected chi connectivity index (χ2v) is 5.73. The van der Waals surface area contributed by atoms with E-state index in [1.54, 1.807) is 17.7 Å². The van der Waals surface area contributed by atoms with Crippen LogP contribution in [0.4, 0.5) is 5.82 Å². The van der Waals surface area contributed by atoms with Crippen molar-refractivity contribution >= 4 is 27.4 Å². The molecule has 1 N–H and O–H groups in total. The van der Waals surface area contributed by atoms with Crippen LogP contribution >= 0.6 is 11.3 Å². The standard InChI is InChI=1S/C13H19N3OS/c1-9(2)17-6-4-5-14-12-11-7-10(3)18-13(11)16-8-15-12/h7-9H,4-6H2,1-3H3,(H,14,15,16). The molecule has 0 aliphatic carbocycles. The summed E-state index contributed by atoms with van der Waals surface area (Å²) in [5, 5.41) is 4.47. The maximum atomic E-state index is 5.50. The first-order valence-electron chi connectivity index (χ1n) is 6.23. The molecular weight excluding hydrogens is 246 g/mol. The van der Waals surface area contributed by atoms with Gasteiger partial charge in [0.15, 0.2) is 0 Å². The van der Waals surface area contributed by atoms with Gasteiger partial charge in [0.05, 0.1) is 11.5 Å². The Labute approximate surface area is 111 Å². The van der Waals surface area contributed by atoms with Crippen molar-refractivity contribution in [3.63, 3.8) is 0 Å². The lowest BCUT2D eigenvalue weighted by Crippen LogP contribution is -2.10. The zero-order valence-corrected chi connectivity index (χ0v) is 11.9.